The Balaban J connectivity index is 1.94. The first-order chi connectivity index (χ1) is 9.94. The van der Waals surface area contributed by atoms with Crippen LogP contribution < -0.4 is 10.2 Å². The lowest BCUT2D eigenvalue weighted by Gasteiger charge is -2.42. The number of benzene rings is 2. The molecule has 2 aromatic carbocycles. The van der Waals surface area contributed by atoms with Crippen LogP contribution in [0.3, 0.4) is 0 Å². The van der Waals surface area contributed by atoms with Gasteiger partial charge < -0.3 is 10.2 Å². The summed E-state index contributed by atoms with van der Waals surface area (Å²) in [7, 11) is 0. The number of anilines is 2. The Morgan fingerprint density at radius 1 is 1.24 bits per heavy atom. The lowest BCUT2D eigenvalue weighted by atomic mass is 9.98. The zero-order valence-corrected chi connectivity index (χ0v) is 13.7. The Morgan fingerprint density at radius 3 is 2.76 bits per heavy atom. The summed E-state index contributed by atoms with van der Waals surface area (Å²) in [6, 6.07) is 13.4. The Bertz CT molecular complexity index is 670. The monoisotopic (exact) mass is 348 g/mol. The summed E-state index contributed by atoms with van der Waals surface area (Å²) in [5.41, 5.74) is 2.90. The molecule has 0 aromatic heterocycles. The molecule has 1 aliphatic rings. The van der Waals surface area contributed by atoms with Crippen LogP contribution in [0.5, 0.6) is 0 Å². The number of halogens is 2. The van der Waals surface area contributed by atoms with E-state index in [1.807, 2.05) is 24.3 Å². The first-order valence-corrected chi connectivity index (χ1v) is 7.80. The van der Waals surface area contributed by atoms with Gasteiger partial charge >= 0.3 is 0 Å². The topological polar surface area (TPSA) is 15.3 Å². The quantitative estimate of drug-likeness (QED) is 0.838. The molecule has 1 N–H and O–H groups in total. The van der Waals surface area contributed by atoms with Gasteiger partial charge in [-0.3, -0.25) is 0 Å². The van der Waals surface area contributed by atoms with Gasteiger partial charge in [0.1, 0.15) is 5.82 Å². The van der Waals surface area contributed by atoms with E-state index in [9.17, 15) is 4.39 Å². The summed E-state index contributed by atoms with van der Waals surface area (Å²) < 4.78 is 14.9. The Morgan fingerprint density at radius 2 is 2.00 bits per heavy atom. The zero-order valence-electron chi connectivity index (χ0n) is 12.2. The number of nitrogens with one attached hydrogen (secondary N) is 1. The molecular weight excluding hydrogens is 331 g/mol. The van der Waals surface area contributed by atoms with Gasteiger partial charge in [-0.05, 0) is 38.1 Å². The number of hydrogen-bond donors (Lipinski definition) is 1. The van der Waals surface area contributed by atoms with E-state index in [0.29, 0.717) is 12.1 Å². The van der Waals surface area contributed by atoms with Crippen molar-refractivity contribution in [1.29, 1.82) is 0 Å². The summed E-state index contributed by atoms with van der Waals surface area (Å²) in [6.45, 7) is 5.72. The molecule has 0 radical (unpaired) electrons. The molecule has 2 aromatic rings. The zero-order chi connectivity index (χ0) is 15.0. The van der Waals surface area contributed by atoms with Crippen molar-refractivity contribution >= 4 is 27.3 Å². The third-order valence-corrected chi connectivity index (χ3v) is 4.17. The van der Waals surface area contributed by atoms with Gasteiger partial charge in [0.25, 0.3) is 0 Å². The van der Waals surface area contributed by atoms with Gasteiger partial charge in [-0.2, -0.15) is 0 Å². The minimum absolute atomic E-state index is 0.0415. The number of hydrogen-bond acceptors (Lipinski definition) is 2. The molecular formula is C17H18BrFN2. The van der Waals surface area contributed by atoms with E-state index >= 15 is 0 Å². The minimum atomic E-state index is -0.168. The van der Waals surface area contributed by atoms with E-state index < -0.39 is 0 Å². The Kier molecular flexibility index (Phi) is 3.66. The van der Waals surface area contributed by atoms with Crippen LogP contribution in [0.2, 0.25) is 0 Å². The first kappa shape index (κ1) is 14.4. The number of rotatable bonds is 2. The van der Waals surface area contributed by atoms with Gasteiger partial charge in [0.15, 0.2) is 0 Å². The third kappa shape index (κ3) is 3.05. The van der Waals surface area contributed by atoms with E-state index in [1.54, 1.807) is 0 Å². The summed E-state index contributed by atoms with van der Waals surface area (Å²) in [5, 5.41) is 3.53. The average molecular weight is 349 g/mol. The van der Waals surface area contributed by atoms with Crippen molar-refractivity contribution in [3.63, 3.8) is 0 Å². The van der Waals surface area contributed by atoms with E-state index in [0.717, 1.165) is 22.4 Å². The largest absolute Gasteiger partial charge is 0.377 e. The summed E-state index contributed by atoms with van der Waals surface area (Å²) >= 11 is 3.30. The van der Waals surface area contributed by atoms with Crippen molar-refractivity contribution in [2.24, 2.45) is 0 Å². The number of para-hydroxylation sites is 2. The molecule has 0 atom stereocenters. The predicted molar refractivity (Wildman–Crippen MR) is 89.3 cm³/mol. The maximum atomic E-state index is 14.1. The fourth-order valence-corrected chi connectivity index (χ4v) is 3.15. The van der Waals surface area contributed by atoms with E-state index in [-0.39, 0.29) is 11.4 Å². The van der Waals surface area contributed by atoms with Crippen molar-refractivity contribution in [2.75, 3.05) is 16.8 Å². The molecule has 0 spiro atoms. The SMILES string of the molecule is CC1(C)CN(Cc2ccc(Br)cc2F)c2ccccc2N1. The molecule has 110 valence electrons. The van der Waals surface area contributed by atoms with Crippen molar-refractivity contribution in [2.45, 2.75) is 25.9 Å². The van der Waals surface area contributed by atoms with Crippen LogP contribution in [-0.2, 0) is 6.54 Å². The molecule has 1 aliphatic heterocycles. The second kappa shape index (κ2) is 5.34. The van der Waals surface area contributed by atoms with Crippen LogP contribution in [0.25, 0.3) is 0 Å². The van der Waals surface area contributed by atoms with Gasteiger partial charge in [-0.15, -0.1) is 0 Å². The molecule has 0 bridgehead atoms. The highest BCUT2D eigenvalue weighted by atomic mass is 79.9. The van der Waals surface area contributed by atoms with Gasteiger partial charge in [0.2, 0.25) is 0 Å². The summed E-state index contributed by atoms with van der Waals surface area (Å²) in [4.78, 5) is 2.23. The highest BCUT2D eigenvalue weighted by Gasteiger charge is 2.29. The van der Waals surface area contributed by atoms with E-state index in [2.05, 4.69) is 52.1 Å². The third-order valence-electron chi connectivity index (χ3n) is 3.68. The van der Waals surface area contributed by atoms with Crippen LogP contribution in [0.4, 0.5) is 15.8 Å². The van der Waals surface area contributed by atoms with Gasteiger partial charge in [-0.1, -0.05) is 34.1 Å². The van der Waals surface area contributed by atoms with Crippen molar-refractivity contribution in [1.82, 2.24) is 0 Å². The van der Waals surface area contributed by atoms with Crippen LogP contribution in [0.15, 0.2) is 46.9 Å². The molecule has 0 unspecified atom stereocenters. The van der Waals surface area contributed by atoms with Gasteiger partial charge in [0, 0.05) is 28.7 Å². The smallest absolute Gasteiger partial charge is 0.129 e. The fraction of sp³-hybridized carbons (Fsp3) is 0.294. The standard InChI is InChI=1S/C17H18BrFN2/c1-17(2)11-21(16-6-4-3-5-15(16)20-17)10-12-7-8-13(18)9-14(12)19/h3-9,20H,10-11H2,1-2H3. The Hall–Kier alpha value is -1.55. The molecule has 4 heteroatoms. The molecule has 0 aliphatic carbocycles. The molecule has 0 saturated heterocycles. The Labute approximate surface area is 133 Å². The normalized spacial score (nSPS) is 16.3. The van der Waals surface area contributed by atoms with Crippen LogP contribution in [0.1, 0.15) is 19.4 Å². The highest BCUT2D eigenvalue weighted by Crippen LogP contribution is 2.35. The highest BCUT2D eigenvalue weighted by molar-refractivity contribution is 9.10. The number of fused-ring (bicyclic) bond motifs is 1. The van der Waals surface area contributed by atoms with Crippen LogP contribution in [-0.4, -0.2) is 12.1 Å². The molecule has 2 nitrogen and oxygen atoms in total. The van der Waals surface area contributed by atoms with Gasteiger partial charge in [0.05, 0.1) is 11.4 Å². The second-order valence-corrected chi connectivity index (χ2v) is 7.03. The predicted octanol–water partition coefficient (Wildman–Crippen LogP) is 4.80. The first-order valence-electron chi connectivity index (χ1n) is 7.01. The number of nitrogens with zero attached hydrogens (tertiary/aromatic N) is 1. The second-order valence-electron chi connectivity index (χ2n) is 6.12. The summed E-state index contributed by atoms with van der Waals surface area (Å²) in [5.74, 6) is -0.168. The lowest BCUT2D eigenvalue weighted by molar-refractivity contribution is 0.523. The van der Waals surface area contributed by atoms with E-state index in [1.165, 1.54) is 6.07 Å². The lowest BCUT2D eigenvalue weighted by Crippen LogP contribution is -2.48. The molecule has 0 saturated carbocycles. The maximum absolute atomic E-state index is 14.1. The molecule has 3 rings (SSSR count). The van der Waals surface area contributed by atoms with E-state index in [4.69, 9.17) is 0 Å². The maximum Gasteiger partial charge on any atom is 0.129 e. The van der Waals surface area contributed by atoms with Crippen molar-refractivity contribution < 1.29 is 4.39 Å². The minimum Gasteiger partial charge on any atom is -0.377 e. The van der Waals surface area contributed by atoms with Gasteiger partial charge in [-0.25, -0.2) is 4.39 Å². The molecule has 21 heavy (non-hydrogen) atoms. The molecule has 0 fully saturated rings. The fourth-order valence-electron chi connectivity index (χ4n) is 2.82. The van der Waals surface area contributed by atoms with Crippen molar-refractivity contribution in [3.8, 4) is 0 Å². The van der Waals surface area contributed by atoms with Crippen LogP contribution >= 0.6 is 15.9 Å². The summed E-state index contributed by atoms with van der Waals surface area (Å²) in [6.07, 6.45) is 0. The van der Waals surface area contributed by atoms with Crippen molar-refractivity contribution in [3.05, 3.63) is 58.3 Å². The average Bonchev–Trinajstić information content (AvgIpc) is 2.40. The molecule has 1 heterocycles. The van der Waals surface area contributed by atoms with Crippen LogP contribution in [0, 0.1) is 5.82 Å². The molecule has 0 amide bonds.